The molecule has 1 fully saturated rings. The molecule has 0 saturated carbocycles. The van der Waals surface area contributed by atoms with Crippen LogP contribution in [0.2, 0.25) is 5.15 Å². The van der Waals surface area contributed by atoms with Crippen LogP contribution in [0.15, 0.2) is 24.3 Å². The van der Waals surface area contributed by atoms with Gasteiger partial charge in [-0.15, -0.1) is 0 Å². The average molecular weight is 363 g/mol. The fourth-order valence-electron chi connectivity index (χ4n) is 2.99. The third-order valence-corrected chi connectivity index (χ3v) is 4.37. The van der Waals surface area contributed by atoms with E-state index in [2.05, 4.69) is 19.9 Å². The van der Waals surface area contributed by atoms with Crippen molar-refractivity contribution in [3.05, 3.63) is 35.2 Å². The van der Waals surface area contributed by atoms with Crippen LogP contribution in [-0.2, 0) is 4.74 Å². The van der Waals surface area contributed by atoms with Crippen LogP contribution in [0.25, 0.3) is 17.0 Å². The van der Waals surface area contributed by atoms with Gasteiger partial charge < -0.3 is 15.4 Å². The van der Waals surface area contributed by atoms with Crippen LogP contribution in [0.4, 0.5) is 16.2 Å². The molecule has 9 heteroatoms. The van der Waals surface area contributed by atoms with E-state index in [1.807, 2.05) is 6.92 Å². The van der Waals surface area contributed by atoms with Gasteiger partial charge in [-0.3, -0.25) is 0 Å². The van der Waals surface area contributed by atoms with E-state index < -0.39 is 5.82 Å². The highest BCUT2D eigenvalue weighted by Crippen LogP contribution is 2.26. The van der Waals surface area contributed by atoms with Crippen LogP contribution in [0.5, 0.6) is 0 Å². The van der Waals surface area contributed by atoms with Crippen molar-refractivity contribution < 1.29 is 9.13 Å². The van der Waals surface area contributed by atoms with E-state index in [0.717, 1.165) is 0 Å². The number of nitrogens with two attached hydrogens (primary N) is 1. The Morgan fingerprint density at radius 1 is 1.28 bits per heavy atom. The molecule has 0 radical (unpaired) electrons. The van der Waals surface area contributed by atoms with Crippen molar-refractivity contribution in [1.82, 2.24) is 19.5 Å². The van der Waals surface area contributed by atoms with Gasteiger partial charge in [0.15, 0.2) is 0 Å². The topological polar surface area (TPSA) is 82.1 Å². The van der Waals surface area contributed by atoms with Crippen molar-refractivity contribution in [3.8, 4) is 5.95 Å². The molecule has 0 bridgehead atoms. The second-order valence-electron chi connectivity index (χ2n) is 5.90. The quantitative estimate of drug-likeness (QED) is 0.705. The standard InChI is InChI=1S/C16H16ClFN6O/c1-9-8-25-5-4-23(9)14-7-13(17)21-16(22-14)24-12-6-10(18)2-3-11(12)20-15(24)19/h2-3,6-7,9H,4-5,8H2,1H3,(H2,19,20)/t9-/m1/s1. The number of hydrogen-bond donors (Lipinski definition) is 1. The Morgan fingerprint density at radius 2 is 2.12 bits per heavy atom. The molecule has 1 aliphatic heterocycles. The molecule has 1 atom stereocenters. The van der Waals surface area contributed by atoms with E-state index in [0.29, 0.717) is 36.6 Å². The number of nitrogen functional groups attached to an aromatic ring is 1. The third kappa shape index (κ3) is 2.87. The van der Waals surface area contributed by atoms with Gasteiger partial charge in [-0.05, 0) is 19.1 Å². The van der Waals surface area contributed by atoms with Crippen molar-refractivity contribution in [2.75, 3.05) is 30.4 Å². The Balaban J connectivity index is 1.86. The highest BCUT2D eigenvalue weighted by molar-refractivity contribution is 6.29. The lowest BCUT2D eigenvalue weighted by atomic mass is 10.2. The summed E-state index contributed by atoms with van der Waals surface area (Å²) < 4.78 is 20.6. The first-order chi connectivity index (χ1) is 12.0. The second kappa shape index (κ2) is 6.12. The Bertz CT molecular complexity index is 946. The number of rotatable bonds is 2. The largest absolute Gasteiger partial charge is 0.377 e. The number of hydrogen-bond acceptors (Lipinski definition) is 6. The molecule has 25 heavy (non-hydrogen) atoms. The lowest BCUT2D eigenvalue weighted by molar-refractivity contribution is 0.0985. The molecule has 0 amide bonds. The smallest absolute Gasteiger partial charge is 0.240 e. The summed E-state index contributed by atoms with van der Waals surface area (Å²) in [6.45, 7) is 3.97. The third-order valence-electron chi connectivity index (χ3n) is 4.17. The predicted octanol–water partition coefficient (Wildman–Crippen LogP) is 2.42. The summed E-state index contributed by atoms with van der Waals surface area (Å²) in [6, 6.07) is 6.09. The molecule has 4 rings (SSSR count). The van der Waals surface area contributed by atoms with E-state index in [1.165, 1.54) is 16.7 Å². The lowest BCUT2D eigenvalue weighted by Gasteiger charge is -2.34. The normalized spacial score (nSPS) is 18.0. The zero-order valence-corrected chi connectivity index (χ0v) is 14.2. The molecule has 1 saturated heterocycles. The maximum atomic E-state index is 13.7. The molecule has 0 spiro atoms. The number of morpholine rings is 1. The van der Waals surface area contributed by atoms with Gasteiger partial charge in [0.1, 0.15) is 16.8 Å². The second-order valence-corrected chi connectivity index (χ2v) is 6.29. The SMILES string of the molecule is C[C@@H]1COCCN1c1cc(Cl)nc(-n2c(N)nc3ccc(F)cc32)n1. The van der Waals surface area contributed by atoms with Crippen LogP contribution in [0.1, 0.15) is 6.92 Å². The monoisotopic (exact) mass is 362 g/mol. The minimum absolute atomic E-state index is 0.155. The zero-order chi connectivity index (χ0) is 17.6. The van der Waals surface area contributed by atoms with Crippen LogP contribution in [0, 0.1) is 5.82 Å². The van der Waals surface area contributed by atoms with Crippen molar-refractivity contribution in [1.29, 1.82) is 0 Å². The van der Waals surface area contributed by atoms with Crippen LogP contribution >= 0.6 is 11.6 Å². The Kier molecular flexibility index (Phi) is 3.93. The maximum Gasteiger partial charge on any atom is 0.240 e. The molecular weight excluding hydrogens is 347 g/mol. The number of ether oxygens (including phenoxy) is 1. The summed E-state index contributed by atoms with van der Waals surface area (Å²) in [4.78, 5) is 15.2. The van der Waals surface area contributed by atoms with E-state index in [1.54, 1.807) is 12.1 Å². The number of aromatic nitrogens is 4. The lowest BCUT2D eigenvalue weighted by Crippen LogP contribution is -2.44. The van der Waals surface area contributed by atoms with Crippen LogP contribution in [0.3, 0.4) is 0 Å². The van der Waals surface area contributed by atoms with Gasteiger partial charge in [-0.25, -0.2) is 18.9 Å². The summed E-state index contributed by atoms with van der Waals surface area (Å²) in [5.74, 6) is 0.705. The highest BCUT2D eigenvalue weighted by Gasteiger charge is 2.22. The van der Waals surface area contributed by atoms with Gasteiger partial charge >= 0.3 is 0 Å². The van der Waals surface area contributed by atoms with Crippen LogP contribution in [-0.4, -0.2) is 45.3 Å². The average Bonchev–Trinajstić information content (AvgIpc) is 2.89. The van der Waals surface area contributed by atoms with E-state index in [4.69, 9.17) is 22.1 Å². The predicted molar refractivity (Wildman–Crippen MR) is 93.7 cm³/mol. The molecule has 2 N–H and O–H groups in total. The van der Waals surface area contributed by atoms with Gasteiger partial charge in [0.05, 0.1) is 30.3 Å². The Labute approximate surface area is 148 Å². The van der Waals surface area contributed by atoms with E-state index in [-0.39, 0.29) is 23.1 Å². The molecule has 130 valence electrons. The van der Waals surface area contributed by atoms with Gasteiger partial charge in [-0.2, -0.15) is 4.98 Å². The highest BCUT2D eigenvalue weighted by atomic mass is 35.5. The van der Waals surface area contributed by atoms with Crippen molar-refractivity contribution in [3.63, 3.8) is 0 Å². The number of benzene rings is 1. The Morgan fingerprint density at radius 3 is 2.92 bits per heavy atom. The number of nitrogens with zero attached hydrogens (tertiary/aromatic N) is 5. The fraction of sp³-hybridized carbons (Fsp3) is 0.312. The summed E-state index contributed by atoms with van der Waals surface area (Å²) >= 11 is 6.21. The molecule has 0 aliphatic carbocycles. The first-order valence-electron chi connectivity index (χ1n) is 7.86. The molecule has 7 nitrogen and oxygen atoms in total. The first kappa shape index (κ1) is 16.0. The van der Waals surface area contributed by atoms with Gasteiger partial charge in [0.2, 0.25) is 11.9 Å². The van der Waals surface area contributed by atoms with Crippen molar-refractivity contribution in [2.45, 2.75) is 13.0 Å². The molecule has 1 aliphatic rings. The Hall–Kier alpha value is -2.45. The van der Waals surface area contributed by atoms with Crippen LogP contribution < -0.4 is 10.6 Å². The van der Waals surface area contributed by atoms with Crippen molar-refractivity contribution in [2.24, 2.45) is 0 Å². The summed E-state index contributed by atoms with van der Waals surface area (Å²) in [7, 11) is 0. The molecule has 1 aromatic carbocycles. The maximum absolute atomic E-state index is 13.7. The van der Waals surface area contributed by atoms with E-state index in [9.17, 15) is 4.39 Å². The summed E-state index contributed by atoms with van der Waals surface area (Å²) in [5, 5.41) is 0.274. The number of fused-ring (bicyclic) bond motifs is 1. The number of anilines is 2. The minimum Gasteiger partial charge on any atom is -0.377 e. The van der Waals surface area contributed by atoms with Gasteiger partial charge in [-0.1, -0.05) is 11.6 Å². The minimum atomic E-state index is -0.391. The zero-order valence-electron chi connectivity index (χ0n) is 13.5. The number of imidazole rings is 1. The molecule has 3 heterocycles. The van der Waals surface area contributed by atoms with E-state index >= 15 is 0 Å². The molecular formula is C16H16ClFN6O. The van der Waals surface area contributed by atoms with Gasteiger partial charge in [0, 0.05) is 18.7 Å². The fourth-order valence-corrected chi connectivity index (χ4v) is 3.16. The van der Waals surface area contributed by atoms with Crippen molar-refractivity contribution >= 4 is 34.4 Å². The first-order valence-corrected chi connectivity index (χ1v) is 8.23. The molecule has 0 unspecified atom stereocenters. The molecule has 2 aromatic heterocycles. The number of halogens is 2. The summed E-state index contributed by atoms with van der Waals surface area (Å²) in [5.41, 5.74) is 7.06. The van der Waals surface area contributed by atoms with Gasteiger partial charge in [0.25, 0.3) is 0 Å². The summed E-state index contributed by atoms with van der Waals surface area (Å²) in [6.07, 6.45) is 0. The molecule has 3 aromatic rings.